The second-order valence-corrected chi connectivity index (χ2v) is 5.87. The number of carbonyl (C=O) groups is 2. The lowest BCUT2D eigenvalue weighted by Gasteiger charge is -2.07. The summed E-state index contributed by atoms with van der Waals surface area (Å²) in [6.07, 6.45) is 0.905. The summed E-state index contributed by atoms with van der Waals surface area (Å²) < 4.78 is 5.09. The fourth-order valence-electron chi connectivity index (χ4n) is 1.98. The van der Waals surface area contributed by atoms with Gasteiger partial charge in [-0.2, -0.15) is 0 Å². The van der Waals surface area contributed by atoms with Crippen LogP contribution in [0.3, 0.4) is 0 Å². The minimum absolute atomic E-state index is 0.178. The third-order valence-corrected chi connectivity index (χ3v) is 4.40. The monoisotopic (exact) mass is 319 g/mol. The molecule has 0 bridgehead atoms. The SMILES string of the molecule is CCc1sc(C(=O)Nc2cccc(OCC(=O)O)c2)cc1C. The molecule has 1 aromatic heterocycles. The van der Waals surface area contributed by atoms with Gasteiger partial charge in [-0.1, -0.05) is 13.0 Å². The van der Waals surface area contributed by atoms with Gasteiger partial charge < -0.3 is 15.2 Å². The Bertz CT molecular complexity index is 693. The number of hydrogen-bond donors (Lipinski definition) is 2. The van der Waals surface area contributed by atoms with Crippen molar-refractivity contribution in [1.82, 2.24) is 0 Å². The van der Waals surface area contributed by atoms with Crippen molar-refractivity contribution in [3.8, 4) is 5.75 Å². The third-order valence-electron chi connectivity index (χ3n) is 3.02. The summed E-state index contributed by atoms with van der Waals surface area (Å²) in [5.41, 5.74) is 1.69. The summed E-state index contributed by atoms with van der Waals surface area (Å²) in [7, 11) is 0. The molecule has 2 aromatic rings. The van der Waals surface area contributed by atoms with Crippen LogP contribution >= 0.6 is 11.3 Å². The fraction of sp³-hybridized carbons (Fsp3) is 0.250. The highest BCUT2D eigenvalue weighted by Gasteiger charge is 2.12. The van der Waals surface area contributed by atoms with E-state index in [9.17, 15) is 9.59 Å². The number of aliphatic carboxylic acids is 1. The first-order chi connectivity index (χ1) is 10.5. The fourth-order valence-corrected chi connectivity index (χ4v) is 2.99. The van der Waals surface area contributed by atoms with E-state index in [0.29, 0.717) is 16.3 Å². The molecule has 0 saturated carbocycles. The average Bonchev–Trinajstić information content (AvgIpc) is 2.87. The van der Waals surface area contributed by atoms with Crippen molar-refractivity contribution in [3.63, 3.8) is 0 Å². The summed E-state index contributed by atoms with van der Waals surface area (Å²) in [5.74, 6) is -0.824. The van der Waals surface area contributed by atoms with Crippen molar-refractivity contribution in [2.75, 3.05) is 11.9 Å². The molecule has 1 heterocycles. The van der Waals surface area contributed by atoms with Gasteiger partial charge in [0.25, 0.3) is 5.91 Å². The van der Waals surface area contributed by atoms with E-state index < -0.39 is 12.6 Å². The quantitative estimate of drug-likeness (QED) is 0.856. The molecule has 0 radical (unpaired) electrons. The van der Waals surface area contributed by atoms with Crippen LogP contribution in [-0.4, -0.2) is 23.6 Å². The molecule has 0 unspecified atom stereocenters. The molecule has 1 aromatic carbocycles. The minimum atomic E-state index is -1.05. The summed E-state index contributed by atoms with van der Waals surface area (Å²) in [6, 6.07) is 8.55. The van der Waals surface area contributed by atoms with Gasteiger partial charge in [0.15, 0.2) is 6.61 Å². The molecule has 2 N–H and O–H groups in total. The number of rotatable bonds is 6. The number of thiophene rings is 1. The Morgan fingerprint density at radius 1 is 1.32 bits per heavy atom. The smallest absolute Gasteiger partial charge is 0.341 e. The Hall–Kier alpha value is -2.34. The van der Waals surface area contributed by atoms with E-state index in [0.717, 1.165) is 12.0 Å². The molecule has 1 amide bonds. The van der Waals surface area contributed by atoms with E-state index in [4.69, 9.17) is 9.84 Å². The summed E-state index contributed by atoms with van der Waals surface area (Å²) >= 11 is 1.48. The molecule has 0 aliphatic rings. The molecule has 2 rings (SSSR count). The number of anilines is 1. The molecular formula is C16H17NO4S. The maximum Gasteiger partial charge on any atom is 0.341 e. The van der Waals surface area contributed by atoms with E-state index in [1.165, 1.54) is 16.2 Å². The first kappa shape index (κ1) is 16.0. The Labute approximate surface area is 132 Å². The van der Waals surface area contributed by atoms with Gasteiger partial charge in [-0.05, 0) is 37.1 Å². The molecular weight excluding hydrogens is 302 g/mol. The average molecular weight is 319 g/mol. The van der Waals surface area contributed by atoms with E-state index in [1.54, 1.807) is 24.3 Å². The first-order valence-electron chi connectivity index (χ1n) is 6.85. The number of carboxylic acids is 1. The molecule has 116 valence electrons. The second-order valence-electron chi connectivity index (χ2n) is 4.73. The van der Waals surface area contributed by atoms with Gasteiger partial charge in [-0.3, -0.25) is 4.79 Å². The highest BCUT2D eigenvalue weighted by atomic mass is 32.1. The molecule has 0 spiro atoms. The Morgan fingerprint density at radius 3 is 2.73 bits per heavy atom. The standard InChI is InChI=1S/C16H17NO4S/c1-3-13-10(2)7-14(22-13)16(20)17-11-5-4-6-12(8-11)21-9-15(18)19/h4-8H,3,9H2,1-2H3,(H,17,20)(H,18,19). The number of ether oxygens (including phenoxy) is 1. The first-order valence-corrected chi connectivity index (χ1v) is 7.66. The third kappa shape index (κ3) is 4.08. The zero-order valence-electron chi connectivity index (χ0n) is 12.4. The normalized spacial score (nSPS) is 10.3. The van der Waals surface area contributed by atoms with Gasteiger partial charge in [0.2, 0.25) is 0 Å². The Morgan fingerprint density at radius 2 is 2.09 bits per heavy atom. The van der Waals surface area contributed by atoms with Crippen molar-refractivity contribution < 1.29 is 19.4 Å². The lowest BCUT2D eigenvalue weighted by molar-refractivity contribution is -0.139. The number of amides is 1. The van der Waals surface area contributed by atoms with Gasteiger partial charge >= 0.3 is 5.97 Å². The van der Waals surface area contributed by atoms with Crippen LogP contribution in [0.25, 0.3) is 0 Å². The van der Waals surface area contributed by atoms with E-state index in [-0.39, 0.29) is 5.91 Å². The number of carbonyl (C=O) groups excluding carboxylic acids is 1. The van der Waals surface area contributed by atoms with Gasteiger partial charge in [-0.15, -0.1) is 11.3 Å². The summed E-state index contributed by atoms with van der Waals surface area (Å²) in [6.45, 7) is 3.64. The van der Waals surface area contributed by atoms with E-state index in [1.807, 2.05) is 13.0 Å². The number of benzene rings is 1. The van der Waals surface area contributed by atoms with E-state index >= 15 is 0 Å². The summed E-state index contributed by atoms with van der Waals surface area (Å²) in [5, 5.41) is 11.4. The molecule has 5 nitrogen and oxygen atoms in total. The number of carboxylic acid groups (broad SMARTS) is 1. The Kier molecular flexibility index (Phi) is 5.16. The van der Waals surface area contributed by atoms with Crippen molar-refractivity contribution >= 4 is 28.9 Å². The minimum Gasteiger partial charge on any atom is -0.482 e. The summed E-state index contributed by atoms with van der Waals surface area (Å²) in [4.78, 5) is 24.6. The predicted molar refractivity (Wildman–Crippen MR) is 86.0 cm³/mol. The lowest BCUT2D eigenvalue weighted by Crippen LogP contribution is -2.11. The number of hydrogen-bond acceptors (Lipinski definition) is 4. The molecule has 0 aliphatic heterocycles. The van der Waals surface area contributed by atoms with Gasteiger partial charge in [0.05, 0.1) is 4.88 Å². The zero-order chi connectivity index (χ0) is 16.1. The van der Waals surface area contributed by atoms with E-state index in [2.05, 4.69) is 12.2 Å². The maximum atomic E-state index is 12.2. The molecule has 0 atom stereocenters. The molecule has 6 heteroatoms. The van der Waals surface area contributed by atoms with Crippen molar-refractivity contribution in [2.45, 2.75) is 20.3 Å². The highest BCUT2D eigenvalue weighted by molar-refractivity contribution is 7.14. The predicted octanol–water partition coefficient (Wildman–Crippen LogP) is 3.33. The van der Waals surface area contributed by atoms with Crippen LogP contribution in [0.4, 0.5) is 5.69 Å². The largest absolute Gasteiger partial charge is 0.482 e. The van der Waals surface area contributed by atoms with Crippen LogP contribution in [0, 0.1) is 6.92 Å². The van der Waals surface area contributed by atoms with Crippen molar-refractivity contribution in [1.29, 1.82) is 0 Å². The van der Waals surface area contributed by atoms with Crippen molar-refractivity contribution in [3.05, 3.63) is 45.6 Å². The van der Waals surface area contributed by atoms with Gasteiger partial charge in [0, 0.05) is 16.6 Å². The van der Waals surface area contributed by atoms with Crippen LogP contribution in [0.15, 0.2) is 30.3 Å². The molecule has 22 heavy (non-hydrogen) atoms. The molecule has 0 fully saturated rings. The number of nitrogens with one attached hydrogen (secondary N) is 1. The Balaban J connectivity index is 2.07. The second kappa shape index (κ2) is 7.09. The van der Waals surface area contributed by atoms with Crippen LogP contribution in [-0.2, 0) is 11.2 Å². The molecule has 0 aliphatic carbocycles. The topological polar surface area (TPSA) is 75.6 Å². The zero-order valence-corrected chi connectivity index (χ0v) is 13.2. The molecule has 0 saturated heterocycles. The number of aryl methyl sites for hydroxylation is 2. The van der Waals surface area contributed by atoms with Crippen LogP contribution < -0.4 is 10.1 Å². The van der Waals surface area contributed by atoms with Crippen LogP contribution in [0.1, 0.15) is 27.0 Å². The van der Waals surface area contributed by atoms with Gasteiger partial charge in [0.1, 0.15) is 5.75 Å². The van der Waals surface area contributed by atoms with Gasteiger partial charge in [-0.25, -0.2) is 4.79 Å². The van der Waals surface area contributed by atoms with Crippen LogP contribution in [0.5, 0.6) is 5.75 Å². The lowest BCUT2D eigenvalue weighted by atomic mass is 10.2. The van der Waals surface area contributed by atoms with Crippen molar-refractivity contribution in [2.24, 2.45) is 0 Å². The highest BCUT2D eigenvalue weighted by Crippen LogP contribution is 2.24. The van der Waals surface area contributed by atoms with Crippen LogP contribution in [0.2, 0.25) is 0 Å². The maximum absolute atomic E-state index is 12.2.